The molecule has 0 spiro atoms. The van der Waals surface area contributed by atoms with Crippen LogP contribution in [-0.2, 0) is 4.74 Å². The Morgan fingerprint density at radius 3 is 2.38 bits per heavy atom. The van der Waals surface area contributed by atoms with E-state index in [4.69, 9.17) is 4.74 Å². The molecule has 0 rings (SSSR count). The van der Waals surface area contributed by atoms with Gasteiger partial charge in [-0.05, 0) is 25.7 Å². The van der Waals surface area contributed by atoms with Crippen LogP contribution in [0.2, 0.25) is 0 Å². The van der Waals surface area contributed by atoms with Crippen molar-refractivity contribution >= 4 is 0 Å². The second-order valence-electron chi connectivity index (χ2n) is 3.82. The zero-order valence-electron chi connectivity index (χ0n) is 9.51. The van der Waals surface area contributed by atoms with Crippen molar-refractivity contribution in [1.82, 2.24) is 0 Å². The van der Waals surface area contributed by atoms with Crippen LogP contribution in [0.25, 0.3) is 0 Å². The van der Waals surface area contributed by atoms with Crippen LogP contribution in [0.4, 0.5) is 0 Å². The maximum Gasteiger partial charge on any atom is 0.0547 e. The summed E-state index contributed by atoms with van der Waals surface area (Å²) in [5.74, 6) is 0.863. The molecule has 1 radical (unpaired) electrons. The largest absolute Gasteiger partial charge is 0.378 e. The molecule has 0 aliphatic rings. The van der Waals surface area contributed by atoms with Crippen molar-refractivity contribution in [1.29, 1.82) is 0 Å². The Morgan fingerprint density at radius 2 is 1.92 bits per heavy atom. The average molecular weight is 185 g/mol. The summed E-state index contributed by atoms with van der Waals surface area (Å²) in [6.45, 7) is 11.3. The Labute approximate surface area is 83.9 Å². The lowest BCUT2D eigenvalue weighted by Gasteiger charge is -2.15. The van der Waals surface area contributed by atoms with Gasteiger partial charge < -0.3 is 4.74 Å². The van der Waals surface area contributed by atoms with Gasteiger partial charge in [0.1, 0.15) is 0 Å². The van der Waals surface area contributed by atoms with Gasteiger partial charge in [0.05, 0.1) is 6.10 Å². The fourth-order valence-electron chi connectivity index (χ4n) is 1.48. The number of rotatable bonds is 8. The molecule has 1 heteroatoms. The first kappa shape index (κ1) is 13.0. The third kappa shape index (κ3) is 7.06. The predicted molar refractivity (Wildman–Crippen MR) is 58.7 cm³/mol. The molecule has 0 fully saturated rings. The van der Waals surface area contributed by atoms with Crippen LogP contribution >= 0.6 is 0 Å². The summed E-state index contributed by atoms with van der Waals surface area (Å²) < 4.78 is 5.61. The van der Waals surface area contributed by atoms with Crippen molar-refractivity contribution in [3.05, 3.63) is 6.92 Å². The van der Waals surface area contributed by atoms with Gasteiger partial charge in [0, 0.05) is 6.61 Å². The maximum absolute atomic E-state index is 5.61. The molecule has 0 heterocycles. The van der Waals surface area contributed by atoms with Gasteiger partial charge in [0.2, 0.25) is 0 Å². The molecule has 0 amide bonds. The second kappa shape index (κ2) is 8.55. The quantitative estimate of drug-likeness (QED) is 0.558. The Balaban J connectivity index is 3.37. The maximum atomic E-state index is 5.61. The van der Waals surface area contributed by atoms with Gasteiger partial charge in [-0.2, -0.15) is 0 Å². The average Bonchev–Trinajstić information content (AvgIpc) is 2.16. The molecular formula is C12H25O. The lowest BCUT2D eigenvalue weighted by Crippen LogP contribution is -2.11. The van der Waals surface area contributed by atoms with Gasteiger partial charge in [0.25, 0.3) is 0 Å². The summed E-state index contributed by atoms with van der Waals surface area (Å²) in [5.41, 5.74) is 0. The molecule has 0 saturated heterocycles. The lowest BCUT2D eigenvalue weighted by molar-refractivity contribution is 0.0569. The summed E-state index contributed by atoms with van der Waals surface area (Å²) in [7, 11) is 0. The molecule has 0 saturated carbocycles. The van der Waals surface area contributed by atoms with Gasteiger partial charge in [-0.15, -0.1) is 0 Å². The number of ether oxygens (including phenoxy) is 1. The topological polar surface area (TPSA) is 9.23 Å². The molecule has 1 nitrogen and oxygen atoms in total. The van der Waals surface area contributed by atoms with Crippen LogP contribution in [0.1, 0.15) is 52.9 Å². The molecule has 2 unspecified atom stereocenters. The van der Waals surface area contributed by atoms with Crippen molar-refractivity contribution in [3.63, 3.8) is 0 Å². The van der Waals surface area contributed by atoms with Crippen molar-refractivity contribution in [2.24, 2.45) is 5.92 Å². The van der Waals surface area contributed by atoms with Gasteiger partial charge in [-0.3, -0.25) is 0 Å². The van der Waals surface area contributed by atoms with E-state index in [-0.39, 0.29) is 0 Å². The first-order valence-electron chi connectivity index (χ1n) is 5.65. The van der Waals surface area contributed by atoms with Gasteiger partial charge in [-0.25, -0.2) is 0 Å². The zero-order chi connectivity index (χ0) is 10.1. The van der Waals surface area contributed by atoms with Crippen LogP contribution in [0.15, 0.2) is 0 Å². The van der Waals surface area contributed by atoms with E-state index in [0.717, 1.165) is 18.9 Å². The van der Waals surface area contributed by atoms with Gasteiger partial charge in [0.15, 0.2) is 0 Å². The van der Waals surface area contributed by atoms with Crippen molar-refractivity contribution in [2.45, 2.75) is 59.0 Å². The molecule has 0 aliphatic heterocycles. The van der Waals surface area contributed by atoms with E-state index >= 15 is 0 Å². The molecule has 0 bridgehead atoms. The highest BCUT2D eigenvalue weighted by molar-refractivity contribution is 4.57. The van der Waals surface area contributed by atoms with E-state index in [1.54, 1.807) is 0 Å². The molecule has 0 aromatic rings. The fraction of sp³-hybridized carbons (Fsp3) is 0.917. The third-order valence-corrected chi connectivity index (χ3v) is 2.61. The van der Waals surface area contributed by atoms with Crippen molar-refractivity contribution < 1.29 is 4.74 Å². The van der Waals surface area contributed by atoms with Crippen LogP contribution in [0, 0.1) is 12.8 Å². The lowest BCUT2D eigenvalue weighted by atomic mass is 9.98. The number of hydrogen-bond acceptors (Lipinski definition) is 1. The molecule has 0 aromatic heterocycles. The van der Waals surface area contributed by atoms with E-state index in [1.165, 1.54) is 25.7 Å². The zero-order valence-corrected chi connectivity index (χ0v) is 9.51. The van der Waals surface area contributed by atoms with Gasteiger partial charge in [-0.1, -0.05) is 40.0 Å². The van der Waals surface area contributed by atoms with Gasteiger partial charge >= 0.3 is 0 Å². The smallest absolute Gasteiger partial charge is 0.0547 e. The van der Waals surface area contributed by atoms with E-state index in [1.807, 2.05) is 0 Å². The Bertz CT molecular complexity index is 101. The molecule has 0 aromatic carbocycles. The van der Waals surface area contributed by atoms with Crippen LogP contribution in [0.5, 0.6) is 0 Å². The van der Waals surface area contributed by atoms with Crippen LogP contribution in [0.3, 0.4) is 0 Å². The molecule has 13 heavy (non-hydrogen) atoms. The predicted octanol–water partition coefficient (Wildman–Crippen LogP) is 3.83. The Hall–Kier alpha value is -0.0400. The van der Waals surface area contributed by atoms with Crippen molar-refractivity contribution in [2.75, 3.05) is 6.61 Å². The summed E-state index contributed by atoms with van der Waals surface area (Å²) >= 11 is 0. The van der Waals surface area contributed by atoms with E-state index in [9.17, 15) is 0 Å². The fourth-order valence-corrected chi connectivity index (χ4v) is 1.48. The SMILES string of the molecule is [CH2]CC(C)OCCC(CC)CCC. The third-order valence-electron chi connectivity index (χ3n) is 2.61. The molecule has 0 aliphatic carbocycles. The van der Waals surface area contributed by atoms with E-state index in [2.05, 4.69) is 27.7 Å². The minimum absolute atomic E-state index is 0.333. The summed E-state index contributed by atoms with van der Waals surface area (Å²) in [4.78, 5) is 0. The monoisotopic (exact) mass is 185 g/mol. The van der Waals surface area contributed by atoms with Crippen LogP contribution < -0.4 is 0 Å². The molecule has 0 N–H and O–H groups in total. The summed E-state index contributed by atoms with van der Waals surface area (Å²) in [5, 5.41) is 0. The van der Waals surface area contributed by atoms with E-state index in [0.29, 0.717) is 6.10 Å². The second-order valence-corrected chi connectivity index (χ2v) is 3.82. The van der Waals surface area contributed by atoms with Crippen LogP contribution in [-0.4, -0.2) is 12.7 Å². The highest BCUT2D eigenvalue weighted by Gasteiger charge is 2.05. The Morgan fingerprint density at radius 1 is 1.23 bits per heavy atom. The van der Waals surface area contributed by atoms with E-state index < -0.39 is 0 Å². The Kier molecular flexibility index (Phi) is 8.53. The summed E-state index contributed by atoms with van der Waals surface area (Å²) in [6.07, 6.45) is 6.36. The highest BCUT2D eigenvalue weighted by atomic mass is 16.5. The minimum Gasteiger partial charge on any atom is -0.378 e. The molecule has 2 atom stereocenters. The summed E-state index contributed by atoms with van der Waals surface area (Å²) in [6, 6.07) is 0. The first-order chi connectivity index (χ1) is 6.24. The normalized spacial score (nSPS) is 15.7. The molecule has 79 valence electrons. The highest BCUT2D eigenvalue weighted by Crippen LogP contribution is 2.15. The molecular weight excluding hydrogens is 160 g/mol. The standard InChI is InChI=1S/C12H25O/c1-5-8-12(7-3)9-10-13-11(4)6-2/h11-12H,2,5-10H2,1,3-4H3. The number of hydrogen-bond donors (Lipinski definition) is 0. The van der Waals surface area contributed by atoms with Crippen molar-refractivity contribution in [3.8, 4) is 0 Å². The first-order valence-corrected chi connectivity index (χ1v) is 5.65. The minimum atomic E-state index is 0.333.